The fourth-order valence-corrected chi connectivity index (χ4v) is 4.37. The Morgan fingerprint density at radius 2 is 1.43 bits per heavy atom. The average Bonchev–Trinajstić information content (AvgIpc) is 2.92. The average molecular weight is 468 g/mol. The minimum Gasteiger partial charge on any atom is -0.493 e. The smallest absolute Gasteiger partial charge is 0.203 e. The Morgan fingerprint density at radius 3 is 2.11 bits per heavy atom. The third kappa shape index (κ3) is 5.19. The maximum absolute atomic E-state index is 14.1. The largest absolute Gasteiger partial charge is 0.493 e. The number of hydrogen-bond acceptors (Lipinski definition) is 5. The number of aromatic nitrogens is 1. The van der Waals surface area contributed by atoms with E-state index in [1.165, 1.54) is 5.56 Å². The zero-order valence-electron chi connectivity index (χ0n) is 20.3. The Bertz CT molecular complexity index is 1290. The number of aryl methyl sites for hydroxylation is 2. The molecule has 35 heavy (non-hydrogen) atoms. The third-order valence-corrected chi connectivity index (χ3v) is 6.06. The van der Waals surface area contributed by atoms with E-state index in [4.69, 9.17) is 14.2 Å². The molecule has 0 aliphatic carbocycles. The zero-order valence-corrected chi connectivity index (χ0v) is 20.3. The molecule has 178 valence electrons. The van der Waals surface area contributed by atoms with E-state index in [0.717, 1.165) is 30.4 Å². The van der Waals surface area contributed by atoms with Crippen molar-refractivity contribution in [1.29, 1.82) is 0 Å². The van der Waals surface area contributed by atoms with Crippen LogP contribution in [0.15, 0.2) is 85.2 Å². The molecule has 0 N–H and O–H groups in total. The SMILES string of the molecule is COc1cc(C(=O)c2ccccc2CCCc2ccccc2)c(-c2ccncc2)c(OC)c1OC. The predicted octanol–water partition coefficient (Wildman–Crippen LogP) is 6.18. The van der Waals surface area contributed by atoms with Crippen LogP contribution >= 0.6 is 0 Å². The molecule has 0 saturated heterocycles. The minimum absolute atomic E-state index is 0.0913. The number of nitrogens with zero attached hydrogens (tertiary/aromatic N) is 1. The number of rotatable bonds is 10. The Hall–Kier alpha value is -4.12. The summed E-state index contributed by atoms with van der Waals surface area (Å²) in [7, 11) is 4.67. The Balaban J connectivity index is 1.77. The van der Waals surface area contributed by atoms with Crippen LogP contribution in [0.3, 0.4) is 0 Å². The van der Waals surface area contributed by atoms with Gasteiger partial charge in [-0.1, -0.05) is 54.6 Å². The highest BCUT2D eigenvalue weighted by Gasteiger charge is 2.26. The summed E-state index contributed by atoms with van der Waals surface area (Å²) in [4.78, 5) is 18.2. The van der Waals surface area contributed by atoms with E-state index in [1.54, 1.807) is 39.8 Å². The molecular formula is C30H29NO4. The molecule has 4 rings (SSSR count). The van der Waals surface area contributed by atoms with Gasteiger partial charge in [-0.2, -0.15) is 0 Å². The first-order chi connectivity index (χ1) is 17.2. The van der Waals surface area contributed by atoms with Gasteiger partial charge in [-0.3, -0.25) is 9.78 Å². The maximum atomic E-state index is 14.1. The predicted molar refractivity (Wildman–Crippen MR) is 138 cm³/mol. The van der Waals surface area contributed by atoms with Crippen LogP contribution in [0.25, 0.3) is 11.1 Å². The molecule has 0 atom stereocenters. The van der Waals surface area contributed by atoms with Crippen LogP contribution in [0, 0.1) is 0 Å². The van der Waals surface area contributed by atoms with Crippen molar-refractivity contribution >= 4 is 5.78 Å². The van der Waals surface area contributed by atoms with E-state index in [1.807, 2.05) is 42.5 Å². The molecule has 0 amide bonds. The first-order valence-corrected chi connectivity index (χ1v) is 11.6. The van der Waals surface area contributed by atoms with Gasteiger partial charge in [0.15, 0.2) is 17.3 Å². The molecule has 1 heterocycles. The highest BCUT2D eigenvalue weighted by molar-refractivity contribution is 6.15. The summed E-state index contributed by atoms with van der Waals surface area (Å²) >= 11 is 0. The van der Waals surface area contributed by atoms with E-state index in [2.05, 4.69) is 29.2 Å². The number of ether oxygens (including phenoxy) is 3. The molecule has 0 aliphatic rings. The quantitative estimate of drug-likeness (QED) is 0.261. The highest BCUT2D eigenvalue weighted by Crippen LogP contribution is 2.47. The van der Waals surface area contributed by atoms with Gasteiger partial charge >= 0.3 is 0 Å². The number of carbonyl (C=O) groups excluding carboxylic acids is 1. The molecule has 4 aromatic rings. The van der Waals surface area contributed by atoms with Gasteiger partial charge in [0, 0.05) is 29.1 Å². The highest BCUT2D eigenvalue weighted by atomic mass is 16.5. The zero-order chi connectivity index (χ0) is 24.6. The van der Waals surface area contributed by atoms with Crippen molar-refractivity contribution in [3.63, 3.8) is 0 Å². The van der Waals surface area contributed by atoms with Crippen LogP contribution in [-0.2, 0) is 12.8 Å². The molecule has 5 nitrogen and oxygen atoms in total. The van der Waals surface area contributed by atoms with Gasteiger partial charge in [0.1, 0.15) is 0 Å². The second kappa shape index (κ2) is 11.3. The van der Waals surface area contributed by atoms with Crippen LogP contribution in [-0.4, -0.2) is 32.1 Å². The van der Waals surface area contributed by atoms with Gasteiger partial charge in [0.2, 0.25) is 5.75 Å². The lowest BCUT2D eigenvalue weighted by atomic mass is 9.89. The first kappa shape index (κ1) is 24.0. The number of ketones is 1. The summed E-state index contributed by atoms with van der Waals surface area (Å²) in [6, 6.07) is 23.6. The van der Waals surface area contributed by atoms with Crippen LogP contribution in [0.1, 0.15) is 33.5 Å². The normalized spacial score (nSPS) is 10.6. The fourth-order valence-electron chi connectivity index (χ4n) is 4.37. The maximum Gasteiger partial charge on any atom is 0.203 e. The molecule has 0 fully saturated rings. The number of carbonyl (C=O) groups is 1. The summed E-state index contributed by atoms with van der Waals surface area (Å²) in [5.74, 6) is 1.23. The summed E-state index contributed by atoms with van der Waals surface area (Å²) in [6.07, 6.45) is 6.08. The summed E-state index contributed by atoms with van der Waals surface area (Å²) in [5.41, 5.74) is 4.93. The van der Waals surface area contributed by atoms with Gasteiger partial charge in [0.25, 0.3) is 0 Å². The van der Waals surface area contributed by atoms with Crippen LogP contribution in [0.4, 0.5) is 0 Å². The Kier molecular flexibility index (Phi) is 7.78. The van der Waals surface area contributed by atoms with Crippen molar-refractivity contribution in [3.05, 3.63) is 107 Å². The molecule has 5 heteroatoms. The van der Waals surface area contributed by atoms with Gasteiger partial charge in [-0.25, -0.2) is 0 Å². The van der Waals surface area contributed by atoms with Gasteiger partial charge in [-0.05, 0) is 54.2 Å². The standard InChI is InChI=1S/C30H29NO4/c1-33-26-20-25(27(23-16-18-31-19-17-23)30(35-3)29(26)34-2)28(32)24-15-8-7-13-22(24)14-9-12-21-10-5-4-6-11-21/h4-8,10-11,13,15-20H,9,12,14H2,1-3H3. The molecule has 0 saturated carbocycles. The number of pyridine rings is 1. The lowest BCUT2D eigenvalue weighted by Crippen LogP contribution is -2.10. The van der Waals surface area contributed by atoms with E-state index < -0.39 is 0 Å². The second-order valence-corrected chi connectivity index (χ2v) is 8.13. The van der Waals surface area contributed by atoms with E-state index in [9.17, 15) is 4.79 Å². The van der Waals surface area contributed by atoms with Crippen molar-refractivity contribution in [1.82, 2.24) is 4.98 Å². The molecule has 0 spiro atoms. The molecular weight excluding hydrogens is 438 g/mol. The second-order valence-electron chi connectivity index (χ2n) is 8.13. The van der Waals surface area contributed by atoms with E-state index in [-0.39, 0.29) is 5.78 Å². The Labute approximate surface area is 206 Å². The van der Waals surface area contributed by atoms with E-state index in [0.29, 0.717) is 33.9 Å². The van der Waals surface area contributed by atoms with Crippen molar-refractivity contribution < 1.29 is 19.0 Å². The van der Waals surface area contributed by atoms with Crippen LogP contribution < -0.4 is 14.2 Å². The molecule has 0 aliphatic heterocycles. The first-order valence-electron chi connectivity index (χ1n) is 11.6. The summed E-state index contributed by atoms with van der Waals surface area (Å²) < 4.78 is 16.9. The van der Waals surface area contributed by atoms with Gasteiger partial charge in [-0.15, -0.1) is 0 Å². The molecule has 0 unspecified atom stereocenters. The lowest BCUT2D eigenvalue weighted by molar-refractivity contribution is 0.103. The van der Waals surface area contributed by atoms with Crippen LogP contribution in [0.5, 0.6) is 17.2 Å². The van der Waals surface area contributed by atoms with Gasteiger partial charge < -0.3 is 14.2 Å². The Morgan fingerprint density at radius 1 is 0.743 bits per heavy atom. The lowest BCUT2D eigenvalue weighted by Gasteiger charge is -2.20. The topological polar surface area (TPSA) is 57.7 Å². The summed E-state index contributed by atoms with van der Waals surface area (Å²) in [6.45, 7) is 0. The van der Waals surface area contributed by atoms with Gasteiger partial charge in [0.05, 0.1) is 21.3 Å². The van der Waals surface area contributed by atoms with E-state index >= 15 is 0 Å². The van der Waals surface area contributed by atoms with Crippen molar-refractivity contribution in [2.45, 2.75) is 19.3 Å². The number of methoxy groups -OCH3 is 3. The van der Waals surface area contributed by atoms with Crippen LogP contribution in [0.2, 0.25) is 0 Å². The van der Waals surface area contributed by atoms with Crippen molar-refractivity contribution in [3.8, 4) is 28.4 Å². The minimum atomic E-state index is -0.0913. The third-order valence-electron chi connectivity index (χ3n) is 6.06. The number of hydrogen-bond donors (Lipinski definition) is 0. The molecule has 0 radical (unpaired) electrons. The number of benzene rings is 3. The molecule has 3 aromatic carbocycles. The fraction of sp³-hybridized carbons (Fsp3) is 0.200. The molecule has 1 aromatic heterocycles. The monoisotopic (exact) mass is 467 g/mol. The van der Waals surface area contributed by atoms with Crippen molar-refractivity contribution in [2.75, 3.05) is 21.3 Å². The summed E-state index contributed by atoms with van der Waals surface area (Å²) in [5, 5.41) is 0. The van der Waals surface area contributed by atoms with Crippen molar-refractivity contribution in [2.24, 2.45) is 0 Å². The molecule has 0 bridgehead atoms.